The lowest BCUT2D eigenvalue weighted by Gasteiger charge is -2.17. The molecule has 0 saturated carbocycles. The van der Waals surface area contributed by atoms with Crippen LogP contribution in [0.25, 0.3) is 76.5 Å². The summed E-state index contributed by atoms with van der Waals surface area (Å²) in [6.45, 7) is 28.2. The molecule has 0 aromatic heterocycles. The molecule has 0 heteroatoms. The van der Waals surface area contributed by atoms with Crippen molar-refractivity contribution >= 4 is 43.1 Å². The van der Waals surface area contributed by atoms with Gasteiger partial charge in [-0.1, -0.05) is 322 Å². The van der Waals surface area contributed by atoms with E-state index in [1.54, 1.807) is 0 Å². The Morgan fingerprint density at radius 2 is 0.485 bits per heavy atom. The quantitative estimate of drug-likeness (QED) is 0.120. The van der Waals surface area contributed by atoms with Gasteiger partial charge < -0.3 is 0 Å². The number of rotatable bonds is 2. The van der Waals surface area contributed by atoms with Crippen molar-refractivity contribution in [2.24, 2.45) is 0 Å². The minimum Gasteiger partial charge on any atom is -0.0683 e. The predicted octanol–water partition coefficient (Wildman–Crippen LogP) is 22.2. The molecule has 0 heterocycles. The molecule has 0 saturated heterocycles. The average molecular weight is 899 g/mol. The van der Waals surface area contributed by atoms with Gasteiger partial charge in [0.05, 0.1) is 0 Å². The Balaban J connectivity index is 0.000000323. The van der Waals surface area contributed by atoms with Gasteiger partial charge in [-0.05, 0) is 94.0 Å². The molecule has 10 aromatic rings. The smallest absolute Gasteiger partial charge is 0.00135 e. The van der Waals surface area contributed by atoms with E-state index in [2.05, 4.69) is 232 Å². The number of hydrogen-bond acceptors (Lipinski definition) is 0. The average Bonchev–Trinajstić information content (AvgIpc) is 3.83. The fraction of sp³-hybridized carbons (Fsp3) is 0.235. The highest BCUT2D eigenvalue weighted by atomic mass is 14.2. The minimum absolute atomic E-state index is 1.10. The van der Waals surface area contributed by atoms with E-state index >= 15 is 0 Å². The summed E-state index contributed by atoms with van der Waals surface area (Å²) in [6, 6.07) is 77.6. The summed E-state index contributed by atoms with van der Waals surface area (Å²) in [5, 5.41) is 10.5. The fourth-order valence-electron chi connectivity index (χ4n) is 7.99. The lowest BCUT2D eigenvalue weighted by atomic mass is 9.86. The Morgan fingerprint density at radius 1 is 0.250 bits per heavy atom. The summed E-state index contributed by atoms with van der Waals surface area (Å²) in [5.74, 6) is 0. The zero-order valence-corrected chi connectivity index (χ0v) is 44.2. The second kappa shape index (κ2) is 33.7. The van der Waals surface area contributed by atoms with E-state index in [1.807, 2.05) is 83.1 Å². The van der Waals surface area contributed by atoms with Crippen molar-refractivity contribution in [2.45, 2.75) is 110 Å². The van der Waals surface area contributed by atoms with Crippen LogP contribution < -0.4 is 0 Å². The normalized spacial score (nSPS) is 9.62. The molecular formula is C68H82. The second-order valence-electron chi connectivity index (χ2n) is 14.3. The van der Waals surface area contributed by atoms with Crippen molar-refractivity contribution in [1.29, 1.82) is 0 Å². The molecule has 0 atom stereocenters. The van der Waals surface area contributed by atoms with Gasteiger partial charge in [-0.15, -0.1) is 0 Å². The summed E-state index contributed by atoms with van der Waals surface area (Å²) in [4.78, 5) is 0. The maximum Gasteiger partial charge on any atom is -0.00135 e. The molecule has 0 bridgehead atoms. The third-order valence-electron chi connectivity index (χ3n) is 10.4. The van der Waals surface area contributed by atoms with Crippen LogP contribution in [0.15, 0.2) is 218 Å². The van der Waals surface area contributed by atoms with Crippen molar-refractivity contribution in [3.63, 3.8) is 0 Å². The third kappa shape index (κ3) is 14.9. The van der Waals surface area contributed by atoms with Gasteiger partial charge in [0.25, 0.3) is 0 Å². The molecule has 11 rings (SSSR count). The molecule has 10 aromatic carbocycles. The van der Waals surface area contributed by atoms with Crippen LogP contribution in [-0.4, -0.2) is 0 Å². The Hall–Kier alpha value is -6.76. The largest absolute Gasteiger partial charge is 0.0683 e. The molecule has 68 heavy (non-hydrogen) atoms. The zero-order valence-electron chi connectivity index (χ0n) is 44.2. The SMILES string of the molecule is CC.CC.CC.CC.CC.CC.CCC.c1ccc(-c2c3ccccc3c(-c3ccccc3)c3ccccc23)cc1.c1ccc2c(c1)Cc1ccccc1-2.c1ccc2c(c1)ccc1ccccc12. The van der Waals surface area contributed by atoms with Gasteiger partial charge in [0.2, 0.25) is 0 Å². The van der Waals surface area contributed by atoms with Crippen molar-refractivity contribution in [3.05, 3.63) is 230 Å². The monoisotopic (exact) mass is 899 g/mol. The maximum absolute atomic E-state index is 2.25. The molecule has 0 aliphatic heterocycles. The predicted molar refractivity (Wildman–Crippen MR) is 313 cm³/mol. The van der Waals surface area contributed by atoms with Crippen LogP contribution in [-0.2, 0) is 6.42 Å². The summed E-state index contributed by atoms with van der Waals surface area (Å²) >= 11 is 0. The van der Waals surface area contributed by atoms with Gasteiger partial charge in [-0.2, -0.15) is 0 Å². The molecule has 0 spiro atoms. The summed E-state index contributed by atoms with van der Waals surface area (Å²) in [5.41, 5.74) is 10.9. The molecule has 0 radical (unpaired) electrons. The van der Waals surface area contributed by atoms with Gasteiger partial charge in [0, 0.05) is 0 Å². The molecule has 0 nitrogen and oxygen atoms in total. The van der Waals surface area contributed by atoms with E-state index in [0.717, 1.165) is 6.42 Å². The number of hydrogen-bond donors (Lipinski definition) is 0. The summed E-state index contributed by atoms with van der Waals surface area (Å²) in [6.07, 6.45) is 2.35. The molecule has 1 aliphatic rings. The van der Waals surface area contributed by atoms with Crippen molar-refractivity contribution in [3.8, 4) is 33.4 Å². The lowest BCUT2D eigenvalue weighted by Crippen LogP contribution is -1.90. The van der Waals surface area contributed by atoms with Crippen LogP contribution in [0.4, 0.5) is 0 Å². The van der Waals surface area contributed by atoms with E-state index in [4.69, 9.17) is 0 Å². The van der Waals surface area contributed by atoms with E-state index in [-0.39, 0.29) is 0 Å². The van der Waals surface area contributed by atoms with Gasteiger partial charge in [-0.25, -0.2) is 0 Å². The lowest BCUT2D eigenvalue weighted by molar-refractivity contribution is 1.09. The van der Waals surface area contributed by atoms with Gasteiger partial charge in [0.1, 0.15) is 0 Å². The molecule has 0 fully saturated rings. The first-order valence-electron chi connectivity index (χ1n) is 25.8. The van der Waals surface area contributed by atoms with Crippen molar-refractivity contribution in [1.82, 2.24) is 0 Å². The maximum atomic E-state index is 2.25. The molecule has 354 valence electrons. The van der Waals surface area contributed by atoms with E-state index < -0.39 is 0 Å². The third-order valence-corrected chi connectivity index (χ3v) is 10.4. The standard InChI is InChI=1S/C26H18.C14H10.C13H10.C3H8.6C2H6/c1-3-11-19(12-4-1)25-21-15-7-9-17-23(21)26(20-13-5-2-6-14-20)24-18-10-8-16-22(24)25;1-3-7-13-11(5-1)9-10-12-6-2-4-8-14(12)13;1-3-7-12-10(5-1)9-11-6-2-4-8-13(11)12;1-3-2;6*1-2/h1-18H;1-10H;1-8H,9H2;3H2,1-2H3;6*1-2H3. The first kappa shape index (κ1) is 57.4. The number of fused-ring (bicyclic) bond motifs is 8. The first-order valence-corrected chi connectivity index (χ1v) is 25.8. The summed E-state index contributed by atoms with van der Waals surface area (Å²) in [7, 11) is 0. The molecule has 1 aliphatic carbocycles. The minimum atomic E-state index is 1.10. The van der Waals surface area contributed by atoms with E-state index in [9.17, 15) is 0 Å². The second-order valence-corrected chi connectivity index (χ2v) is 14.3. The van der Waals surface area contributed by atoms with Gasteiger partial charge in [0.15, 0.2) is 0 Å². The van der Waals surface area contributed by atoms with Crippen LogP contribution in [0.5, 0.6) is 0 Å². The highest BCUT2D eigenvalue weighted by molar-refractivity contribution is 6.21. The Kier molecular flexibility index (Phi) is 28.4. The van der Waals surface area contributed by atoms with Crippen LogP contribution in [0.1, 0.15) is 114 Å². The van der Waals surface area contributed by atoms with E-state index in [0.29, 0.717) is 0 Å². The van der Waals surface area contributed by atoms with Crippen LogP contribution in [0.3, 0.4) is 0 Å². The topological polar surface area (TPSA) is 0 Å². The Bertz CT molecular complexity index is 2610. The van der Waals surface area contributed by atoms with Crippen LogP contribution in [0.2, 0.25) is 0 Å². The molecule has 0 unspecified atom stereocenters. The molecule has 0 amide bonds. The summed E-state index contributed by atoms with van der Waals surface area (Å²) < 4.78 is 0. The molecular weight excluding hydrogens is 817 g/mol. The van der Waals surface area contributed by atoms with Crippen molar-refractivity contribution < 1.29 is 0 Å². The fourth-order valence-corrected chi connectivity index (χ4v) is 7.99. The van der Waals surface area contributed by atoms with Crippen LogP contribution in [0, 0.1) is 0 Å². The van der Waals surface area contributed by atoms with Crippen molar-refractivity contribution in [2.75, 3.05) is 0 Å². The highest BCUT2D eigenvalue weighted by Gasteiger charge is 2.17. The highest BCUT2D eigenvalue weighted by Crippen LogP contribution is 2.43. The van der Waals surface area contributed by atoms with Gasteiger partial charge >= 0.3 is 0 Å². The van der Waals surface area contributed by atoms with Crippen LogP contribution >= 0.6 is 0 Å². The Morgan fingerprint density at radius 3 is 0.794 bits per heavy atom. The Labute approximate surface area is 413 Å². The van der Waals surface area contributed by atoms with Gasteiger partial charge in [-0.3, -0.25) is 0 Å². The van der Waals surface area contributed by atoms with E-state index in [1.165, 1.54) is 94.0 Å². The first-order chi connectivity index (χ1) is 33.7. The zero-order chi connectivity index (χ0) is 50.1. The number of benzene rings is 10. The molecule has 0 N–H and O–H groups in total.